The topological polar surface area (TPSA) is 138 Å². The smallest absolute Gasteiger partial charge is 0.187 e. The lowest BCUT2D eigenvalue weighted by Gasteiger charge is -2.45. The molecule has 2 saturated heterocycles. The van der Waals surface area contributed by atoms with Gasteiger partial charge in [-0.2, -0.15) is 0 Å². The zero-order valence-corrected chi connectivity index (χ0v) is 12.6. The van der Waals surface area contributed by atoms with Crippen LogP contribution in [0.15, 0.2) is 0 Å². The van der Waals surface area contributed by atoms with Crippen LogP contribution >= 0.6 is 0 Å². The molecule has 0 radical (unpaired) electrons. The predicted molar refractivity (Wildman–Crippen MR) is 70.6 cm³/mol. The van der Waals surface area contributed by atoms with Crippen molar-refractivity contribution in [2.24, 2.45) is 0 Å². The van der Waals surface area contributed by atoms with E-state index in [2.05, 4.69) is 0 Å². The highest BCUT2D eigenvalue weighted by Gasteiger charge is 2.49. The first kappa shape index (κ1) is 18.0. The van der Waals surface area contributed by atoms with Crippen LogP contribution in [-0.4, -0.2) is 94.1 Å². The molecule has 9 nitrogen and oxygen atoms in total. The third-order valence-electron chi connectivity index (χ3n) is 4.11. The van der Waals surface area contributed by atoms with E-state index < -0.39 is 61.4 Å². The molecule has 22 heavy (non-hydrogen) atoms. The van der Waals surface area contributed by atoms with Crippen LogP contribution in [0.5, 0.6) is 0 Å². The van der Waals surface area contributed by atoms with Crippen molar-refractivity contribution < 1.29 is 44.5 Å². The minimum absolute atomic E-state index is 0.674. The van der Waals surface area contributed by atoms with E-state index in [1.54, 1.807) is 6.92 Å². The maximum absolute atomic E-state index is 10.1. The predicted octanol–water partition coefficient (Wildman–Crippen LogP) is -2.69. The number of methoxy groups -OCH3 is 1. The quantitative estimate of drug-likeness (QED) is 0.376. The Balaban J connectivity index is 2.10. The van der Waals surface area contributed by atoms with Gasteiger partial charge >= 0.3 is 0 Å². The van der Waals surface area contributed by atoms with Gasteiger partial charge in [0.2, 0.25) is 0 Å². The van der Waals surface area contributed by atoms with Crippen LogP contribution in [0.1, 0.15) is 13.8 Å². The third kappa shape index (κ3) is 3.28. The van der Waals surface area contributed by atoms with Crippen molar-refractivity contribution in [2.45, 2.75) is 75.3 Å². The molecule has 2 heterocycles. The monoisotopic (exact) mass is 324 g/mol. The van der Waals surface area contributed by atoms with Crippen molar-refractivity contribution in [2.75, 3.05) is 7.11 Å². The summed E-state index contributed by atoms with van der Waals surface area (Å²) in [5.41, 5.74) is 0. The van der Waals surface area contributed by atoms with Gasteiger partial charge in [-0.15, -0.1) is 0 Å². The molecule has 2 aliphatic rings. The summed E-state index contributed by atoms with van der Waals surface area (Å²) >= 11 is 0. The summed E-state index contributed by atoms with van der Waals surface area (Å²) < 4.78 is 21.0. The summed E-state index contributed by atoms with van der Waals surface area (Å²) in [6.07, 6.45) is -11.7. The Morgan fingerprint density at radius 3 is 1.82 bits per heavy atom. The SMILES string of the molecule is CO[C@@H]1O[C@@H](C)[C@H](O)[C@@H](O[C@H]2O[C@@H](C)[C@H](O)[C@@H](O)[C@H]2O)[C@H]1O. The molecule has 0 aromatic rings. The van der Waals surface area contributed by atoms with E-state index in [1.807, 2.05) is 0 Å². The number of aliphatic hydroxyl groups is 5. The van der Waals surface area contributed by atoms with Gasteiger partial charge in [0.15, 0.2) is 12.6 Å². The zero-order valence-electron chi connectivity index (χ0n) is 12.6. The van der Waals surface area contributed by atoms with Gasteiger partial charge in [0.1, 0.15) is 36.6 Å². The number of aliphatic hydroxyl groups excluding tert-OH is 5. The summed E-state index contributed by atoms with van der Waals surface area (Å²) in [6.45, 7) is 3.09. The van der Waals surface area contributed by atoms with Crippen molar-refractivity contribution in [3.05, 3.63) is 0 Å². The molecule has 2 aliphatic heterocycles. The molecule has 0 aliphatic carbocycles. The average molecular weight is 324 g/mol. The van der Waals surface area contributed by atoms with E-state index in [-0.39, 0.29) is 0 Å². The Bertz CT molecular complexity index is 367. The number of hydrogen-bond donors (Lipinski definition) is 5. The van der Waals surface area contributed by atoms with Gasteiger partial charge in [0.05, 0.1) is 12.2 Å². The lowest BCUT2D eigenvalue weighted by Crippen LogP contribution is -2.63. The normalized spacial score (nSPS) is 53.5. The van der Waals surface area contributed by atoms with Crippen molar-refractivity contribution in [1.29, 1.82) is 0 Å². The van der Waals surface area contributed by atoms with Gasteiger partial charge < -0.3 is 44.5 Å². The Morgan fingerprint density at radius 2 is 1.23 bits per heavy atom. The fraction of sp³-hybridized carbons (Fsp3) is 1.00. The largest absolute Gasteiger partial charge is 0.388 e. The van der Waals surface area contributed by atoms with Crippen molar-refractivity contribution >= 4 is 0 Å². The van der Waals surface area contributed by atoms with Crippen LogP contribution in [0.25, 0.3) is 0 Å². The van der Waals surface area contributed by atoms with Gasteiger partial charge in [-0.05, 0) is 13.8 Å². The summed E-state index contributed by atoms with van der Waals surface area (Å²) in [7, 11) is 1.34. The first-order valence-electron chi connectivity index (χ1n) is 7.17. The van der Waals surface area contributed by atoms with E-state index in [9.17, 15) is 25.5 Å². The maximum atomic E-state index is 10.1. The van der Waals surface area contributed by atoms with Gasteiger partial charge in [0.25, 0.3) is 0 Å². The van der Waals surface area contributed by atoms with E-state index >= 15 is 0 Å². The molecular weight excluding hydrogens is 300 g/mol. The number of hydrogen-bond acceptors (Lipinski definition) is 9. The van der Waals surface area contributed by atoms with Crippen LogP contribution in [0.2, 0.25) is 0 Å². The van der Waals surface area contributed by atoms with Crippen LogP contribution in [-0.2, 0) is 18.9 Å². The molecule has 0 spiro atoms. The molecule has 9 heteroatoms. The van der Waals surface area contributed by atoms with Crippen molar-refractivity contribution in [3.8, 4) is 0 Å². The van der Waals surface area contributed by atoms with Gasteiger partial charge in [-0.3, -0.25) is 0 Å². The molecule has 0 aromatic carbocycles. The second-order valence-electron chi connectivity index (χ2n) is 5.71. The fourth-order valence-electron chi connectivity index (χ4n) is 2.63. The third-order valence-corrected chi connectivity index (χ3v) is 4.11. The molecule has 0 saturated carbocycles. The van der Waals surface area contributed by atoms with E-state index in [4.69, 9.17) is 18.9 Å². The van der Waals surface area contributed by atoms with Crippen LogP contribution < -0.4 is 0 Å². The Morgan fingerprint density at radius 1 is 0.682 bits per heavy atom. The Hall–Kier alpha value is -0.360. The standard InChI is InChI=1S/C13H24O9/c1-4-6(14)8(16)9(17)13(21-4)22-11-7(15)5(2)20-12(19-3)10(11)18/h4-18H,1-3H3/t4-,5-,6-,7-,8+,9+,10+,11+,12+,13+/m0/s1. The minimum atomic E-state index is -1.52. The van der Waals surface area contributed by atoms with Crippen LogP contribution in [0, 0.1) is 0 Å². The lowest BCUT2D eigenvalue weighted by atomic mass is 9.97. The molecule has 5 N–H and O–H groups in total. The second kappa shape index (κ2) is 7.04. The molecule has 0 bridgehead atoms. The van der Waals surface area contributed by atoms with E-state index in [1.165, 1.54) is 14.0 Å². The van der Waals surface area contributed by atoms with Crippen LogP contribution in [0.4, 0.5) is 0 Å². The molecule has 0 amide bonds. The highest BCUT2D eigenvalue weighted by molar-refractivity contribution is 4.92. The minimum Gasteiger partial charge on any atom is -0.388 e. The number of rotatable bonds is 3. The first-order chi connectivity index (χ1) is 10.3. The molecular formula is C13H24O9. The van der Waals surface area contributed by atoms with Crippen molar-refractivity contribution in [3.63, 3.8) is 0 Å². The molecule has 0 aromatic heterocycles. The van der Waals surface area contributed by atoms with Crippen LogP contribution in [0.3, 0.4) is 0 Å². The highest BCUT2D eigenvalue weighted by atomic mass is 16.7. The van der Waals surface area contributed by atoms with E-state index in [0.29, 0.717) is 0 Å². The fourth-order valence-corrected chi connectivity index (χ4v) is 2.63. The van der Waals surface area contributed by atoms with Gasteiger partial charge in [0, 0.05) is 7.11 Å². The van der Waals surface area contributed by atoms with Crippen molar-refractivity contribution in [1.82, 2.24) is 0 Å². The summed E-state index contributed by atoms with van der Waals surface area (Å²) in [5.74, 6) is 0. The second-order valence-corrected chi connectivity index (χ2v) is 5.71. The average Bonchev–Trinajstić information content (AvgIpc) is 2.50. The maximum Gasteiger partial charge on any atom is 0.187 e. The van der Waals surface area contributed by atoms with Gasteiger partial charge in [-0.1, -0.05) is 0 Å². The number of ether oxygens (including phenoxy) is 4. The zero-order chi connectivity index (χ0) is 16.6. The summed E-state index contributed by atoms with van der Waals surface area (Å²) in [4.78, 5) is 0. The Kier molecular flexibility index (Phi) is 5.75. The van der Waals surface area contributed by atoms with Gasteiger partial charge in [-0.25, -0.2) is 0 Å². The Labute approximate surface area is 128 Å². The molecule has 10 atom stereocenters. The highest BCUT2D eigenvalue weighted by Crippen LogP contribution is 2.29. The molecule has 2 fully saturated rings. The molecule has 2 rings (SSSR count). The lowest BCUT2D eigenvalue weighted by molar-refractivity contribution is -0.351. The first-order valence-corrected chi connectivity index (χ1v) is 7.17. The van der Waals surface area contributed by atoms with E-state index in [0.717, 1.165) is 0 Å². The summed E-state index contributed by atoms with van der Waals surface area (Å²) in [6, 6.07) is 0. The molecule has 0 unspecified atom stereocenters. The molecule has 130 valence electrons. The summed E-state index contributed by atoms with van der Waals surface area (Å²) in [5, 5.41) is 49.6.